The fourth-order valence-electron chi connectivity index (χ4n) is 3.90. The number of fused-ring (bicyclic) bond motifs is 5. The first-order valence-electron chi connectivity index (χ1n) is 7.98. The van der Waals surface area contributed by atoms with E-state index in [1.54, 1.807) is 24.3 Å². The van der Waals surface area contributed by atoms with Gasteiger partial charge in [-0.2, -0.15) is 0 Å². The molecule has 25 heavy (non-hydrogen) atoms. The van der Waals surface area contributed by atoms with Gasteiger partial charge in [0.25, 0.3) is 0 Å². The van der Waals surface area contributed by atoms with Crippen LogP contribution in [0, 0.1) is 18.8 Å². The first-order valence-corrected chi connectivity index (χ1v) is 8.78. The van der Waals surface area contributed by atoms with Crippen molar-refractivity contribution >= 4 is 39.4 Å². The van der Waals surface area contributed by atoms with Crippen molar-refractivity contribution in [3.63, 3.8) is 0 Å². The SMILES string of the molecule is CC(=O)OC[C@]12C=C[C@H](O1)[C@H]1C(=O)N(c3ccc(Br)c(C)c3)C(=O)[C@H]12. The van der Waals surface area contributed by atoms with E-state index in [4.69, 9.17) is 9.47 Å². The number of hydrogen-bond acceptors (Lipinski definition) is 5. The van der Waals surface area contributed by atoms with E-state index in [9.17, 15) is 14.4 Å². The number of rotatable bonds is 3. The minimum absolute atomic E-state index is 0.0667. The zero-order chi connectivity index (χ0) is 17.9. The van der Waals surface area contributed by atoms with Gasteiger partial charge in [0, 0.05) is 11.4 Å². The maximum absolute atomic E-state index is 13.1. The summed E-state index contributed by atoms with van der Waals surface area (Å²) in [6.07, 6.45) is 3.08. The molecule has 4 atom stereocenters. The number of amides is 2. The van der Waals surface area contributed by atoms with Crippen LogP contribution in [0.1, 0.15) is 12.5 Å². The average molecular weight is 406 g/mol. The number of imide groups is 1. The zero-order valence-electron chi connectivity index (χ0n) is 13.7. The zero-order valence-corrected chi connectivity index (χ0v) is 15.3. The minimum atomic E-state index is -1.05. The van der Waals surface area contributed by atoms with E-state index in [1.807, 2.05) is 13.0 Å². The number of carbonyl (C=O) groups excluding carboxylic acids is 3. The predicted molar refractivity (Wildman–Crippen MR) is 91.7 cm³/mol. The van der Waals surface area contributed by atoms with Crippen molar-refractivity contribution in [2.45, 2.75) is 25.6 Å². The molecule has 0 N–H and O–H groups in total. The van der Waals surface area contributed by atoms with E-state index in [0.717, 1.165) is 10.0 Å². The molecule has 6 nitrogen and oxygen atoms in total. The van der Waals surface area contributed by atoms with Gasteiger partial charge in [-0.1, -0.05) is 22.0 Å². The number of anilines is 1. The number of ether oxygens (including phenoxy) is 2. The Morgan fingerprint density at radius 1 is 1.36 bits per heavy atom. The van der Waals surface area contributed by atoms with Gasteiger partial charge >= 0.3 is 5.97 Å². The Morgan fingerprint density at radius 3 is 2.80 bits per heavy atom. The van der Waals surface area contributed by atoms with Gasteiger partial charge in [-0.15, -0.1) is 0 Å². The van der Waals surface area contributed by atoms with Crippen LogP contribution in [0.3, 0.4) is 0 Å². The van der Waals surface area contributed by atoms with E-state index in [0.29, 0.717) is 5.69 Å². The molecular formula is C18H16BrNO5. The van der Waals surface area contributed by atoms with Crippen LogP contribution in [0.25, 0.3) is 0 Å². The van der Waals surface area contributed by atoms with Gasteiger partial charge in [0.2, 0.25) is 11.8 Å². The lowest BCUT2D eigenvalue weighted by atomic mass is 9.77. The first-order chi connectivity index (χ1) is 11.8. The Balaban J connectivity index is 1.70. The van der Waals surface area contributed by atoms with Gasteiger partial charge in [-0.05, 0) is 36.8 Å². The van der Waals surface area contributed by atoms with Crippen LogP contribution in [0.2, 0.25) is 0 Å². The quantitative estimate of drug-likeness (QED) is 0.437. The van der Waals surface area contributed by atoms with Crippen molar-refractivity contribution in [2.75, 3.05) is 11.5 Å². The van der Waals surface area contributed by atoms with Gasteiger partial charge in [-0.3, -0.25) is 14.4 Å². The molecule has 0 radical (unpaired) electrons. The van der Waals surface area contributed by atoms with E-state index < -0.39 is 29.5 Å². The largest absolute Gasteiger partial charge is 0.462 e. The summed E-state index contributed by atoms with van der Waals surface area (Å²) in [6.45, 7) is 3.14. The van der Waals surface area contributed by atoms with Crippen LogP contribution in [-0.2, 0) is 23.9 Å². The summed E-state index contributed by atoms with van der Waals surface area (Å²) in [5.74, 6) is -2.27. The Kier molecular flexibility index (Phi) is 3.63. The second-order valence-electron chi connectivity index (χ2n) is 6.63. The lowest BCUT2D eigenvalue weighted by molar-refractivity contribution is -0.150. The molecule has 0 spiro atoms. The molecule has 7 heteroatoms. The highest BCUT2D eigenvalue weighted by atomic mass is 79.9. The molecule has 0 aliphatic carbocycles. The third-order valence-corrected chi connectivity index (χ3v) is 5.95. The van der Waals surface area contributed by atoms with Crippen LogP contribution < -0.4 is 4.90 Å². The summed E-state index contributed by atoms with van der Waals surface area (Å²) in [4.78, 5) is 38.4. The van der Waals surface area contributed by atoms with Gasteiger partial charge < -0.3 is 9.47 Å². The average Bonchev–Trinajstić information content (AvgIpc) is 3.20. The van der Waals surface area contributed by atoms with Gasteiger partial charge in [-0.25, -0.2) is 4.90 Å². The smallest absolute Gasteiger partial charge is 0.302 e. The van der Waals surface area contributed by atoms with Gasteiger partial charge in [0.15, 0.2) is 0 Å². The molecule has 0 saturated carbocycles. The highest BCUT2D eigenvalue weighted by Crippen LogP contribution is 2.52. The number of aryl methyl sites for hydroxylation is 1. The molecule has 2 amide bonds. The predicted octanol–water partition coefficient (Wildman–Crippen LogP) is 2.13. The van der Waals surface area contributed by atoms with E-state index >= 15 is 0 Å². The summed E-state index contributed by atoms with van der Waals surface area (Å²) >= 11 is 3.42. The van der Waals surface area contributed by atoms with Crippen molar-refractivity contribution in [3.05, 3.63) is 40.4 Å². The number of carbonyl (C=O) groups is 3. The molecule has 3 aliphatic heterocycles. The molecule has 0 aromatic heterocycles. The van der Waals surface area contributed by atoms with E-state index in [2.05, 4.69) is 15.9 Å². The maximum atomic E-state index is 13.1. The number of hydrogen-bond donors (Lipinski definition) is 0. The Labute approximate surface area is 152 Å². The fraction of sp³-hybridized carbons (Fsp3) is 0.389. The number of benzene rings is 1. The summed E-state index contributed by atoms with van der Waals surface area (Å²) in [7, 11) is 0. The third-order valence-electron chi connectivity index (χ3n) is 5.06. The molecule has 2 fully saturated rings. The van der Waals surface area contributed by atoms with Crippen molar-refractivity contribution in [1.29, 1.82) is 0 Å². The first kappa shape index (κ1) is 16.5. The third kappa shape index (κ3) is 2.29. The summed E-state index contributed by atoms with van der Waals surface area (Å²) in [5, 5.41) is 0. The Hall–Kier alpha value is -1.99. The molecule has 130 valence electrons. The van der Waals surface area contributed by atoms with Crippen molar-refractivity contribution in [1.82, 2.24) is 0 Å². The molecule has 4 rings (SSSR count). The van der Waals surface area contributed by atoms with Crippen molar-refractivity contribution in [3.8, 4) is 0 Å². The molecule has 2 bridgehead atoms. The van der Waals surface area contributed by atoms with Crippen LogP contribution in [0.5, 0.6) is 0 Å². The fourth-order valence-corrected chi connectivity index (χ4v) is 4.15. The van der Waals surface area contributed by atoms with Crippen molar-refractivity contribution in [2.24, 2.45) is 11.8 Å². The standard InChI is InChI=1S/C18H16BrNO5/c1-9-7-11(3-4-12(9)19)20-16(22)14-13-5-6-18(25-13,8-24-10(2)21)15(14)17(20)23/h3-7,13-15H,8H2,1-2H3/t13-,14+,15-,18-/m0/s1. The second-order valence-corrected chi connectivity index (χ2v) is 7.48. The summed E-state index contributed by atoms with van der Waals surface area (Å²) < 4.78 is 11.9. The lowest BCUT2D eigenvalue weighted by Crippen LogP contribution is -2.44. The Bertz CT molecular complexity index is 835. The number of nitrogens with zero attached hydrogens (tertiary/aromatic N) is 1. The monoisotopic (exact) mass is 405 g/mol. The highest BCUT2D eigenvalue weighted by molar-refractivity contribution is 9.10. The topological polar surface area (TPSA) is 72.9 Å². The Morgan fingerprint density at radius 2 is 2.12 bits per heavy atom. The van der Waals surface area contributed by atoms with Crippen molar-refractivity contribution < 1.29 is 23.9 Å². The molecule has 1 aromatic rings. The van der Waals surface area contributed by atoms with Crippen LogP contribution >= 0.6 is 15.9 Å². The van der Waals surface area contributed by atoms with E-state index in [-0.39, 0.29) is 18.4 Å². The molecule has 0 unspecified atom stereocenters. The minimum Gasteiger partial charge on any atom is -0.462 e. The molecule has 2 saturated heterocycles. The molecular weight excluding hydrogens is 390 g/mol. The van der Waals surface area contributed by atoms with Crippen LogP contribution in [-0.4, -0.2) is 36.1 Å². The number of esters is 1. The lowest BCUT2D eigenvalue weighted by Gasteiger charge is -2.28. The molecule has 3 aliphatic rings. The van der Waals surface area contributed by atoms with Crippen LogP contribution in [0.15, 0.2) is 34.8 Å². The van der Waals surface area contributed by atoms with Crippen LogP contribution in [0.4, 0.5) is 5.69 Å². The second kappa shape index (κ2) is 5.51. The molecule has 3 heterocycles. The van der Waals surface area contributed by atoms with E-state index in [1.165, 1.54) is 11.8 Å². The maximum Gasteiger partial charge on any atom is 0.302 e. The number of halogens is 1. The summed E-state index contributed by atoms with van der Waals surface area (Å²) in [5.41, 5.74) is 0.432. The summed E-state index contributed by atoms with van der Waals surface area (Å²) in [6, 6.07) is 5.36. The van der Waals surface area contributed by atoms with Gasteiger partial charge in [0.05, 0.1) is 23.6 Å². The normalized spacial score (nSPS) is 32.4. The molecule has 1 aromatic carbocycles. The highest BCUT2D eigenvalue weighted by Gasteiger charge is 2.68. The van der Waals surface area contributed by atoms with Gasteiger partial charge in [0.1, 0.15) is 12.2 Å².